The summed E-state index contributed by atoms with van der Waals surface area (Å²) in [6.45, 7) is 6.24. The number of rotatable bonds is 1. The highest BCUT2D eigenvalue weighted by atomic mass is 16.6. The Morgan fingerprint density at radius 2 is 1.70 bits per heavy atom. The third kappa shape index (κ3) is 3.20. The normalized spacial score (nSPS) is 13.6. The second kappa shape index (κ2) is 5.40. The van der Waals surface area contributed by atoms with E-state index in [4.69, 9.17) is 9.47 Å². The van der Waals surface area contributed by atoms with Crippen LogP contribution in [-0.4, -0.2) is 25.0 Å². The third-order valence-corrected chi connectivity index (χ3v) is 2.78. The van der Waals surface area contributed by atoms with E-state index in [0.29, 0.717) is 30.3 Å². The molecular weight excluding hydrogens is 260 g/mol. The van der Waals surface area contributed by atoms with Crippen LogP contribution in [-0.2, 0) is 4.79 Å². The van der Waals surface area contributed by atoms with E-state index < -0.39 is 11.3 Å². The molecule has 6 nitrogen and oxygen atoms in total. The van der Waals surface area contributed by atoms with Crippen molar-refractivity contribution >= 4 is 11.8 Å². The van der Waals surface area contributed by atoms with Gasteiger partial charge in [-0.1, -0.05) is 20.8 Å². The highest BCUT2D eigenvalue weighted by Gasteiger charge is 2.22. The maximum absolute atomic E-state index is 11.9. The summed E-state index contributed by atoms with van der Waals surface area (Å²) in [4.78, 5) is 23.6. The zero-order chi connectivity index (χ0) is 14.8. The fraction of sp³-hybridized carbons (Fsp3) is 0.429. The molecule has 1 aromatic rings. The van der Waals surface area contributed by atoms with Crippen molar-refractivity contribution in [1.29, 1.82) is 0 Å². The number of hydrazine groups is 1. The van der Waals surface area contributed by atoms with Gasteiger partial charge in [0.05, 0.1) is 0 Å². The highest BCUT2D eigenvalue weighted by molar-refractivity contribution is 5.96. The fourth-order valence-electron chi connectivity index (χ4n) is 1.56. The molecule has 0 spiro atoms. The van der Waals surface area contributed by atoms with E-state index in [1.165, 1.54) is 0 Å². The van der Waals surface area contributed by atoms with Crippen molar-refractivity contribution in [3.63, 3.8) is 0 Å². The van der Waals surface area contributed by atoms with Crippen molar-refractivity contribution in [2.24, 2.45) is 5.41 Å². The number of fused-ring (bicyclic) bond motifs is 1. The Morgan fingerprint density at radius 1 is 1.05 bits per heavy atom. The van der Waals surface area contributed by atoms with E-state index in [-0.39, 0.29) is 5.91 Å². The van der Waals surface area contributed by atoms with Crippen LogP contribution in [0.3, 0.4) is 0 Å². The number of hydrogen-bond acceptors (Lipinski definition) is 4. The van der Waals surface area contributed by atoms with E-state index in [0.717, 1.165) is 0 Å². The predicted octanol–water partition coefficient (Wildman–Crippen LogP) is 1.26. The van der Waals surface area contributed by atoms with Gasteiger partial charge in [0.1, 0.15) is 13.2 Å². The zero-order valence-electron chi connectivity index (χ0n) is 11.8. The molecule has 1 aromatic carbocycles. The standard InChI is InChI=1S/C14H18N2O4/c1-14(2,3)13(18)16-15-12(17)9-4-5-10-11(8-9)20-7-6-19-10/h4-5,8H,6-7H2,1-3H3,(H,15,17)(H,16,18). The minimum Gasteiger partial charge on any atom is -0.486 e. The van der Waals surface area contributed by atoms with Gasteiger partial charge >= 0.3 is 0 Å². The molecule has 0 atom stereocenters. The lowest BCUT2D eigenvalue weighted by Crippen LogP contribution is -2.46. The summed E-state index contributed by atoms with van der Waals surface area (Å²) in [6, 6.07) is 4.88. The molecular formula is C14H18N2O4. The zero-order valence-corrected chi connectivity index (χ0v) is 11.8. The Hall–Kier alpha value is -2.24. The number of nitrogens with one attached hydrogen (secondary N) is 2. The molecule has 0 unspecified atom stereocenters. The Labute approximate surface area is 117 Å². The largest absolute Gasteiger partial charge is 0.486 e. The number of hydrogen-bond donors (Lipinski definition) is 2. The van der Waals surface area contributed by atoms with Crippen LogP contribution in [0.4, 0.5) is 0 Å². The molecule has 0 bridgehead atoms. The van der Waals surface area contributed by atoms with E-state index in [9.17, 15) is 9.59 Å². The van der Waals surface area contributed by atoms with Crippen LogP contribution in [0.15, 0.2) is 18.2 Å². The van der Waals surface area contributed by atoms with Crippen molar-refractivity contribution in [2.75, 3.05) is 13.2 Å². The molecule has 1 aliphatic heterocycles. The van der Waals surface area contributed by atoms with Crippen LogP contribution in [0.5, 0.6) is 11.5 Å². The summed E-state index contributed by atoms with van der Waals surface area (Å²) in [7, 11) is 0. The van der Waals surface area contributed by atoms with Crippen molar-refractivity contribution in [3.8, 4) is 11.5 Å². The summed E-state index contributed by atoms with van der Waals surface area (Å²) in [6.07, 6.45) is 0. The van der Waals surface area contributed by atoms with Gasteiger partial charge in [-0.3, -0.25) is 20.4 Å². The van der Waals surface area contributed by atoms with Crippen molar-refractivity contribution in [1.82, 2.24) is 10.9 Å². The first-order valence-corrected chi connectivity index (χ1v) is 6.38. The second-order valence-electron chi connectivity index (χ2n) is 5.52. The Bertz CT molecular complexity index is 534. The van der Waals surface area contributed by atoms with Crippen LogP contribution in [0.25, 0.3) is 0 Å². The van der Waals surface area contributed by atoms with Crippen LogP contribution < -0.4 is 20.3 Å². The number of ether oxygens (including phenoxy) is 2. The van der Waals surface area contributed by atoms with Crippen LogP contribution in [0.2, 0.25) is 0 Å². The lowest BCUT2D eigenvalue weighted by molar-refractivity contribution is -0.129. The number of benzene rings is 1. The summed E-state index contributed by atoms with van der Waals surface area (Å²) < 4.78 is 10.8. The molecule has 2 N–H and O–H groups in total. The molecule has 0 saturated heterocycles. The Kier molecular flexibility index (Phi) is 3.83. The summed E-state index contributed by atoms with van der Waals surface area (Å²) in [5, 5.41) is 0. The van der Waals surface area contributed by atoms with Gasteiger partial charge in [0.2, 0.25) is 5.91 Å². The topological polar surface area (TPSA) is 76.7 Å². The SMILES string of the molecule is CC(C)(C)C(=O)NNC(=O)c1ccc2c(c1)OCCO2. The summed E-state index contributed by atoms with van der Waals surface area (Å²) in [5.74, 6) is 0.487. The number of carbonyl (C=O) groups is 2. The maximum atomic E-state index is 11.9. The highest BCUT2D eigenvalue weighted by Crippen LogP contribution is 2.30. The van der Waals surface area contributed by atoms with E-state index in [1.54, 1.807) is 39.0 Å². The second-order valence-corrected chi connectivity index (χ2v) is 5.52. The molecule has 0 radical (unpaired) electrons. The average molecular weight is 278 g/mol. The molecule has 20 heavy (non-hydrogen) atoms. The van der Waals surface area contributed by atoms with Crippen LogP contribution >= 0.6 is 0 Å². The summed E-state index contributed by atoms with van der Waals surface area (Å²) >= 11 is 0. The average Bonchev–Trinajstić information content (AvgIpc) is 2.42. The third-order valence-electron chi connectivity index (χ3n) is 2.78. The molecule has 0 saturated carbocycles. The van der Waals surface area contributed by atoms with Crippen LogP contribution in [0.1, 0.15) is 31.1 Å². The van der Waals surface area contributed by atoms with Crippen molar-refractivity contribution in [2.45, 2.75) is 20.8 Å². The monoisotopic (exact) mass is 278 g/mol. The van der Waals surface area contributed by atoms with Crippen molar-refractivity contribution in [3.05, 3.63) is 23.8 Å². The van der Waals surface area contributed by atoms with E-state index >= 15 is 0 Å². The molecule has 0 fully saturated rings. The molecule has 2 rings (SSSR count). The minimum absolute atomic E-state index is 0.261. The predicted molar refractivity (Wildman–Crippen MR) is 72.5 cm³/mol. The van der Waals surface area contributed by atoms with Gasteiger partial charge in [-0.2, -0.15) is 0 Å². The van der Waals surface area contributed by atoms with Gasteiger partial charge in [0, 0.05) is 11.0 Å². The number of carbonyl (C=O) groups excluding carboxylic acids is 2. The molecule has 0 aromatic heterocycles. The van der Waals surface area contributed by atoms with E-state index in [1.807, 2.05) is 0 Å². The molecule has 2 amide bonds. The van der Waals surface area contributed by atoms with E-state index in [2.05, 4.69) is 10.9 Å². The number of amides is 2. The molecule has 0 aliphatic carbocycles. The quantitative estimate of drug-likeness (QED) is 0.758. The fourth-order valence-corrected chi connectivity index (χ4v) is 1.56. The van der Waals surface area contributed by atoms with Gasteiger partial charge < -0.3 is 9.47 Å². The van der Waals surface area contributed by atoms with Gasteiger partial charge in [-0.05, 0) is 18.2 Å². The van der Waals surface area contributed by atoms with Crippen LogP contribution in [0, 0.1) is 5.41 Å². The Balaban J connectivity index is 2.01. The van der Waals surface area contributed by atoms with Gasteiger partial charge in [-0.25, -0.2) is 0 Å². The Morgan fingerprint density at radius 3 is 2.35 bits per heavy atom. The first-order valence-electron chi connectivity index (χ1n) is 6.38. The lowest BCUT2D eigenvalue weighted by atomic mass is 9.96. The minimum atomic E-state index is -0.569. The lowest BCUT2D eigenvalue weighted by Gasteiger charge is -2.20. The molecule has 108 valence electrons. The smallest absolute Gasteiger partial charge is 0.269 e. The van der Waals surface area contributed by atoms with Gasteiger partial charge in [-0.15, -0.1) is 0 Å². The van der Waals surface area contributed by atoms with Crippen molar-refractivity contribution < 1.29 is 19.1 Å². The van der Waals surface area contributed by atoms with Gasteiger partial charge in [0.25, 0.3) is 5.91 Å². The first kappa shape index (κ1) is 14.2. The summed E-state index contributed by atoms with van der Waals surface area (Å²) in [5.41, 5.74) is 4.59. The maximum Gasteiger partial charge on any atom is 0.269 e. The molecule has 1 aliphatic rings. The van der Waals surface area contributed by atoms with Gasteiger partial charge in [0.15, 0.2) is 11.5 Å². The molecule has 1 heterocycles. The molecule has 6 heteroatoms. The first-order chi connectivity index (χ1) is 9.38.